The van der Waals surface area contributed by atoms with Crippen LogP contribution in [0.4, 0.5) is 0 Å². The predicted molar refractivity (Wildman–Crippen MR) is 98.6 cm³/mol. The van der Waals surface area contributed by atoms with Crippen LogP contribution >= 0.6 is 0 Å². The Morgan fingerprint density at radius 3 is 2.42 bits per heavy atom. The Morgan fingerprint density at radius 1 is 1.12 bits per heavy atom. The van der Waals surface area contributed by atoms with Crippen LogP contribution in [0.3, 0.4) is 0 Å². The van der Waals surface area contributed by atoms with Crippen molar-refractivity contribution >= 4 is 5.91 Å². The van der Waals surface area contributed by atoms with E-state index in [-0.39, 0.29) is 12.0 Å². The van der Waals surface area contributed by atoms with Gasteiger partial charge in [-0.25, -0.2) is 0 Å². The minimum Gasteiger partial charge on any atom is -0.393 e. The van der Waals surface area contributed by atoms with Gasteiger partial charge in [-0.2, -0.15) is 0 Å². The van der Waals surface area contributed by atoms with Gasteiger partial charge in [0.05, 0.1) is 12.6 Å². The van der Waals surface area contributed by atoms with Gasteiger partial charge in [0.1, 0.15) is 11.6 Å². The first kappa shape index (κ1) is 19.3. The molecule has 26 heavy (non-hydrogen) atoms. The molecule has 3 rings (SSSR count). The second-order valence-corrected chi connectivity index (χ2v) is 7.58. The van der Waals surface area contributed by atoms with Gasteiger partial charge in [-0.3, -0.25) is 9.69 Å². The maximum absolute atomic E-state index is 11.4. The van der Waals surface area contributed by atoms with Crippen molar-refractivity contribution < 1.29 is 9.90 Å². The molecule has 2 fully saturated rings. The van der Waals surface area contributed by atoms with Gasteiger partial charge in [0.15, 0.2) is 0 Å². The molecule has 0 unspecified atom stereocenters. The van der Waals surface area contributed by atoms with Gasteiger partial charge < -0.3 is 19.9 Å². The third kappa shape index (κ3) is 4.81. The lowest BCUT2D eigenvalue weighted by atomic mass is 9.96. The summed E-state index contributed by atoms with van der Waals surface area (Å²) in [4.78, 5) is 16.1. The Labute approximate surface area is 155 Å². The molecular weight excluding hydrogens is 332 g/mol. The number of piperidine rings is 2. The lowest BCUT2D eigenvalue weighted by Gasteiger charge is -2.31. The molecule has 146 valence electrons. The number of nitrogens with one attached hydrogen (secondary N) is 1. The molecule has 0 spiro atoms. The predicted octanol–water partition coefficient (Wildman–Crippen LogP) is 0.0873. The van der Waals surface area contributed by atoms with Crippen molar-refractivity contribution in [3.05, 3.63) is 11.6 Å². The molecule has 3 heterocycles. The number of rotatable bonds is 6. The van der Waals surface area contributed by atoms with Crippen LogP contribution in [0.1, 0.15) is 49.7 Å². The molecule has 0 radical (unpaired) electrons. The molecule has 0 saturated carbocycles. The van der Waals surface area contributed by atoms with Crippen LogP contribution in [0.25, 0.3) is 0 Å². The third-order valence-electron chi connectivity index (χ3n) is 5.81. The van der Waals surface area contributed by atoms with Crippen molar-refractivity contribution in [2.45, 2.75) is 50.7 Å². The van der Waals surface area contributed by atoms with E-state index in [0.717, 1.165) is 76.6 Å². The summed E-state index contributed by atoms with van der Waals surface area (Å²) in [7, 11) is 3.76. The topological polar surface area (TPSA) is 86.5 Å². The minimum absolute atomic E-state index is 0.107. The average molecular weight is 364 g/mol. The number of aromatic nitrogens is 3. The minimum atomic E-state index is -0.144. The van der Waals surface area contributed by atoms with Crippen LogP contribution in [0.15, 0.2) is 0 Å². The molecule has 2 aliphatic rings. The van der Waals surface area contributed by atoms with E-state index in [4.69, 9.17) is 0 Å². The number of hydrogen-bond donors (Lipinski definition) is 2. The number of likely N-dealkylation sites (tertiary alicyclic amines) is 2. The van der Waals surface area contributed by atoms with E-state index in [2.05, 4.69) is 36.9 Å². The Kier molecular flexibility index (Phi) is 6.61. The smallest absolute Gasteiger partial charge is 0.221 e. The van der Waals surface area contributed by atoms with Gasteiger partial charge in [0.25, 0.3) is 0 Å². The Bertz CT molecular complexity index is 589. The number of amides is 1. The van der Waals surface area contributed by atoms with Gasteiger partial charge in [-0.15, -0.1) is 10.2 Å². The largest absolute Gasteiger partial charge is 0.393 e. The van der Waals surface area contributed by atoms with Crippen molar-refractivity contribution in [2.24, 2.45) is 7.05 Å². The lowest BCUT2D eigenvalue weighted by molar-refractivity contribution is -0.121. The molecule has 2 aliphatic heterocycles. The van der Waals surface area contributed by atoms with Crippen LogP contribution in [0, 0.1) is 0 Å². The first-order valence-electron chi connectivity index (χ1n) is 9.78. The highest BCUT2D eigenvalue weighted by Crippen LogP contribution is 2.27. The number of nitrogens with zero attached hydrogens (tertiary/aromatic N) is 5. The van der Waals surface area contributed by atoms with Gasteiger partial charge in [-0.05, 0) is 38.8 Å². The normalized spacial score (nSPS) is 21.2. The molecular formula is C18H32N6O2. The molecule has 2 N–H and O–H groups in total. The number of aliphatic hydroxyl groups excluding tert-OH is 1. The molecule has 0 aromatic carbocycles. The summed E-state index contributed by atoms with van der Waals surface area (Å²) in [6.07, 6.45) is 4.25. The van der Waals surface area contributed by atoms with Crippen molar-refractivity contribution in [2.75, 3.05) is 39.8 Å². The Hall–Kier alpha value is -1.51. The van der Waals surface area contributed by atoms with Crippen LogP contribution in [0.5, 0.6) is 0 Å². The fourth-order valence-electron chi connectivity index (χ4n) is 3.95. The van der Waals surface area contributed by atoms with E-state index in [1.807, 2.05) is 0 Å². The maximum Gasteiger partial charge on any atom is 0.221 e. The van der Waals surface area contributed by atoms with E-state index in [9.17, 15) is 9.90 Å². The number of carbonyl (C=O) groups is 1. The van der Waals surface area contributed by atoms with Gasteiger partial charge >= 0.3 is 0 Å². The average Bonchev–Trinajstić information content (AvgIpc) is 3.02. The second kappa shape index (κ2) is 8.92. The van der Waals surface area contributed by atoms with Crippen LogP contribution in [-0.4, -0.2) is 81.5 Å². The first-order chi connectivity index (χ1) is 12.6. The second-order valence-electron chi connectivity index (χ2n) is 7.58. The zero-order valence-electron chi connectivity index (χ0n) is 16.0. The summed E-state index contributed by atoms with van der Waals surface area (Å²) in [6, 6.07) is 0. The van der Waals surface area contributed by atoms with E-state index in [1.165, 1.54) is 0 Å². The Balaban J connectivity index is 1.50. The molecule has 1 aromatic heterocycles. The van der Waals surface area contributed by atoms with Gasteiger partial charge in [-0.1, -0.05) is 0 Å². The van der Waals surface area contributed by atoms with Crippen molar-refractivity contribution in [3.8, 4) is 0 Å². The zero-order valence-corrected chi connectivity index (χ0v) is 16.0. The number of hydrogen-bond acceptors (Lipinski definition) is 6. The van der Waals surface area contributed by atoms with Crippen molar-refractivity contribution in [3.63, 3.8) is 0 Å². The monoisotopic (exact) mass is 364 g/mol. The van der Waals surface area contributed by atoms with Gasteiger partial charge in [0, 0.05) is 46.1 Å². The summed E-state index contributed by atoms with van der Waals surface area (Å²) >= 11 is 0. The van der Waals surface area contributed by atoms with Crippen molar-refractivity contribution in [1.29, 1.82) is 0 Å². The van der Waals surface area contributed by atoms with Crippen molar-refractivity contribution in [1.82, 2.24) is 29.9 Å². The van der Waals surface area contributed by atoms with Crippen LogP contribution in [0.2, 0.25) is 0 Å². The molecule has 1 aromatic rings. The fourth-order valence-corrected chi connectivity index (χ4v) is 3.95. The highest BCUT2D eigenvalue weighted by Gasteiger charge is 2.26. The Morgan fingerprint density at radius 2 is 1.77 bits per heavy atom. The molecule has 0 bridgehead atoms. The maximum atomic E-state index is 11.4. The molecule has 8 nitrogen and oxygen atoms in total. The van der Waals surface area contributed by atoms with E-state index < -0.39 is 0 Å². The highest BCUT2D eigenvalue weighted by atomic mass is 16.3. The number of carbonyl (C=O) groups excluding carboxylic acids is 1. The summed E-state index contributed by atoms with van der Waals surface area (Å²) in [5, 5.41) is 21.2. The molecule has 0 atom stereocenters. The van der Waals surface area contributed by atoms with Gasteiger partial charge in [0.2, 0.25) is 5.91 Å². The summed E-state index contributed by atoms with van der Waals surface area (Å²) in [5.74, 6) is 2.65. The molecule has 1 amide bonds. The quantitative estimate of drug-likeness (QED) is 0.744. The first-order valence-corrected chi connectivity index (χ1v) is 9.78. The highest BCUT2D eigenvalue weighted by molar-refractivity contribution is 5.75. The summed E-state index contributed by atoms with van der Waals surface area (Å²) in [6.45, 7) is 5.50. The standard InChI is InChI=1S/C18H32N6O2/c1-19-17(26)7-12-23-8-3-14(4-9-23)18-21-20-16(22(18)2)13-24-10-5-15(25)6-11-24/h14-15,25H,3-13H2,1-2H3,(H,19,26). The summed E-state index contributed by atoms with van der Waals surface area (Å²) < 4.78 is 2.16. The fraction of sp³-hybridized carbons (Fsp3) is 0.833. The third-order valence-corrected chi connectivity index (χ3v) is 5.81. The van der Waals surface area contributed by atoms with E-state index in [0.29, 0.717) is 12.3 Å². The van der Waals surface area contributed by atoms with Crippen LogP contribution in [-0.2, 0) is 18.4 Å². The van der Waals surface area contributed by atoms with Crippen LogP contribution < -0.4 is 5.32 Å². The zero-order chi connectivity index (χ0) is 18.5. The molecule has 0 aliphatic carbocycles. The molecule has 2 saturated heterocycles. The molecule has 8 heteroatoms. The summed E-state index contributed by atoms with van der Waals surface area (Å²) in [5.41, 5.74) is 0. The van der Waals surface area contributed by atoms with E-state index >= 15 is 0 Å². The van der Waals surface area contributed by atoms with E-state index in [1.54, 1.807) is 7.05 Å². The SMILES string of the molecule is CNC(=O)CCN1CCC(c2nnc(CN3CCC(O)CC3)n2C)CC1. The number of aliphatic hydroxyl groups is 1. The lowest BCUT2D eigenvalue weighted by Crippen LogP contribution is -2.36.